The van der Waals surface area contributed by atoms with E-state index in [4.69, 9.17) is 9.47 Å². The molecule has 0 aliphatic rings. The molecule has 0 fully saturated rings. The molecule has 61 heavy (non-hydrogen) atoms. The zero-order valence-corrected chi connectivity index (χ0v) is 41.7. The topological polar surface area (TPSA) is 105 Å². The first-order valence-electron chi connectivity index (χ1n) is 26.5. The van der Waals surface area contributed by atoms with Gasteiger partial charge in [0.1, 0.15) is 5.60 Å². The Labute approximate surface area is 379 Å². The summed E-state index contributed by atoms with van der Waals surface area (Å²) in [5, 5.41) is 12.9. The van der Waals surface area contributed by atoms with E-state index >= 15 is 0 Å². The average molecular weight is 865 g/mol. The fourth-order valence-corrected chi connectivity index (χ4v) is 8.79. The number of amides is 1. The molecule has 0 aromatic carbocycles. The number of nitrogens with zero attached hydrogens (tertiary/aromatic N) is 1. The van der Waals surface area contributed by atoms with E-state index in [1.165, 1.54) is 116 Å². The van der Waals surface area contributed by atoms with Crippen LogP contribution in [0, 0.1) is 17.8 Å². The van der Waals surface area contributed by atoms with Crippen molar-refractivity contribution in [2.24, 2.45) is 17.8 Å². The van der Waals surface area contributed by atoms with Gasteiger partial charge in [0.05, 0.1) is 12.5 Å². The van der Waals surface area contributed by atoms with Crippen LogP contribution in [-0.2, 0) is 19.1 Å². The molecule has 0 saturated carbocycles. The number of hydrogen-bond donors (Lipinski definition) is 2. The summed E-state index contributed by atoms with van der Waals surface area (Å²) >= 11 is 0. The highest BCUT2D eigenvalue weighted by Crippen LogP contribution is 2.26. The predicted octanol–water partition coefficient (Wildman–Crippen LogP) is 15.6. The van der Waals surface area contributed by atoms with Crippen LogP contribution < -0.4 is 5.32 Å². The molecule has 2 N–H and O–H groups in total. The summed E-state index contributed by atoms with van der Waals surface area (Å²) in [5.74, 6) is 0.719. The molecule has 1 unspecified atom stereocenters. The molecule has 0 heterocycles. The molecular weight excluding hydrogens is 761 g/mol. The Morgan fingerprint density at radius 1 is 0.508 bits per heavy atom. The Balaban J connectivity index is 4.60. The van der Waals surface area contributed by atoms with Gasteiger partial charge in [-0.3, -0.25) is 9.59 Å². The highest BCUT2D eigenvalue weighted by atomic mass is 16.6. The van der Waals surface area contributed by atoms with Crippen LogP contribution in [0.25, 0.3) is 0 Å². The molecule has 1 amide bonds. The predicted molar refractivity (Wildman–Crippen MR) is 259 cm³/mol. The summed E-state index contributed by atoms with van der Waals surface area (Å²) in [4.78, 5) is 39.2. The van der Waals surface area contributed by atoms with Gasteiger partial charge in [-0.25, -0.2) is 4.79 Å². The lowest BCUT2D eigenvalue weighted by atomic mass is 9.87. The third-order valence-corrected chi connectivity index (χ3v) is 12.6. The van der Waals surface area contributed by atoms with Crippen LogP contribution in [-0.4, -0.2) is 66.4 Å². The Bertz CT molecular complexity index is 980. The number of aliphatic carboxylic acids is 1. The SMILES string of the molecule is CCCCCC(CCCCC)CCCOC(=O)CCCCCCCN(CCCCCCC(CCCC(CCCCC)CCCCC)C(=O)O)CCCCNC(=O)OC(C)(C)C. The second-order valence-corrected chi connectivity index (χ2v) is 19.7. The molecule has 0 aromatic heterocycles. The van der Waals surface area contributed by atoms with Crippen LogP contribution >= 0.6 is 0 Å². The standard InChI is InChI=1S/C53H104N2O6/c1-8-12-21-33-47(34-22-13-9-2)37-31-40-49(51(57)58)39-25-18-20-29-44-55(45-30-27-42-54-52(59)61-53(5,6)7)43-28-19-16-17-26-41-50(56)60-46-32-38-48(35-23-14-10-3)36-24-15-11-4/h47-49H,8-46H2,1-7H3,(H,54,59)(H,57,58). The lowest BCUT2D eigenvalue weighted by molar-refractivity contribution is -0.144. The second kappa shape index (κ2) is 42.1. The molecular formula is C53H104N2O6. The number of ether oxygens (including phenoxy) is 2. The number of esters is 1. The molecule has 0 bridgehead atoms. The molecule has 0 aromatic rings. The van der Waals surface area contributed by atoms with Crippen LogP contribution in [0.4, 0.5) is 4.79 Å². The lowest BCUT2D eigenvalue weighted by Crippen LogP contribution is -2.33. The van der Waals surface area contributed by atoms with Crippen molar-refractivity contribution in [3.63, 3.8) is 0 Å². The van der Waals surface area contributed by atoms with Crippen LogP contribution in [0.3, 0.4) is 0 Å². The summed E-state index contributed by atoms with van der Waals surface area (Å²) < 4.78 is 11.0. The van der Waals surface area contributed by atoms with Crippen LogP contribution in [0.1, 0.15) is 267 Å². The number of hydrogen-bond acceptors (Lipinski definition) is 6. The highest BCUT2D eigenvalue weighted by Gasteiger charge is 2.19. The maximum absolute atomic E-state index is 12.4. The fraction of sp³-hybridized carbons (Fsp3) is 0.943. The van der Waals surface area contributed by atoms with Gasteiger partial charge in [-0.1, -0.05) is 182 Å². The summed E-state index contributed by atoms with van der Waals surface area (Å²) in [5.41, 5.74) is -0.492. The van der Waals surface area contributed by atoms with E-state index in [-0.39, 0.29) is 18.0 Å². The van der Waals surface area contributed by atoms with E-state index < -0.39 is 11.6 Å². The fourth-order valence-electron chi connectivity index (χ4n) is 8.79. The van der Waals surface area contributed by atoms with Crippen molar-refractivity contribution in [1.29, 1.82) is 0 Å². The van der Waals surface area contributed by atoms with Crippen LogP contribution in [0.5, 0.6) is 0 Å². The number of carboxylic acids is 1. The summed E-state index contributed by atoms with van der Waals surface area (Å²) in [7, 11) is 0. The monoisotopic (exact) mass is 865 g/mol. The Hall–Kier alpha value is -1.83. The average Bonchev–Trinajstić information content (AvgIpc) is 3.21. The third-order valence-electron chi connectivity index (χ3n) is 12.6. The molecule has 0 radical (unpaired) electrons. The van der Waals surface area contributed by atoms with Gasteiger partial charge in [0.15, 0.2) is 0 Å². The number of nitrogens with one attached hydrogen (secondary N) is 1. The molecule has 0 saturated heterocycles. The van der Waals surface area contributed by atoms with E-state index in [1.807, 2.05) is 20.8 Å². The maximum Gasteiger partial charge on any atom is 0.407 e. The zero-order chi connectivity index (χ0) is 45.2. The largest absolute Gasteiger partial charge is 0.481 e. The molecule has 362 valence electrons. The number of carboxylic acid groups (broad SMARTS) is 1. The smallest absolute Gasteiger partial charge is 0.407 e. The molecule has 0 aliphatic heterocycles. The molecule has 0 aliphatic carbocycles. The minimum atomic E-state index is -0.606. The highest BCUT2D eigenvalue weighted by molar-refractivity contribution is 5.70. The molecule has 1 atom stereocenters. The molecule has 8 heteroatoms. The van der Waals surface area contributed by atoms with E-state index in [1.54, 1.807) is 0 Å². The van der Waals surface area contributed by atoms with Gasteiger partial charge in [-0.05, 0) is 110 Å². The van der Waals surface area contributed by atoms with Crippen LogP contribution in [0.15, 0.2) is 0 Å². The van der Waals surface area contributed by atoms with E-state index in [9.17, 15) is 19.5 Å². The summed E-state index contributed by atoms with van der Waals surface area (Å²) in [6.07, 6.45) is 38.9. The Morgan fingerprint density at radius 3 is 1.41 bits per heavy atom. The molecule has 0 rings (SSSR count). The van der Waals surface area contributed by atoms with Crippen molar-refractivity contribution in [3.8, 4) is 0 Å². The van der Waals surface area contributed by atoms with E-state index in [2.05, 4.69) is 37.9 Å². The molecule has 0 spiro atoms. The Morgan fingerprint density at radius 2 is 0.918 bits per heavy atom. The van der Waals surface area contributed by atoms with Gasteiger partial charge in [-0.2, -0.15) is 0 Å². The van der Waals surface area contributed by atoms with Crippen molar-refractivity contribution in [3.05, 3.63) is 0 Å². The number of carbonyl (C=O) groups excluding carboxylic acids is 2. The minimum absolute atomic E-state index is 0.0289. The zero-order valence-electron chi connectivity index (χ0n) is 41.7. The van der Waals surface area contributed by atoms with Crippen molar-refractivity contribution < 1.29 is 29.0 Å². The lowest BCUT2D eigenvalue weighted by Gasteiger charge is -2.23. The first-order valence-corrected chi connectivity index (χ1v) is 26.5. The van der Waals surface area contributed by atoms with Crippen molar-refractivity contribution in [2.75, 3.05) is 32.8 Å². The quantitative estimate of drug-likeness (QED) is 0.0464. The third kappa shape index (κ3) is 40.7. The van der Waals surface area contributed by atoms with Gasteiger partial charge in [0.2, 0.25) is 0 Å². The van der Waals surface area contributed by atoms with Gasteiger partial charge in [-0.15, -0.1) is 0 Å². The normalized spacial score (nSPS) is 12.4. The van der Waals surface area contributed by atoms with Gasteiger partial charge >= 0.3 is 18.0 Å². The van der Waals surface area contributed by atoms with Crippen molar-refractivity contribution >= 4 is 18.0 Å². The van der Waals surface area contributed by atoms with Gasteiger partial charge in [0, 0.05) is 13.0 Å². The molecule has 8 nitrogen and oxygen atoms in total. The van der Waals surface area contributed by atoms with E-state index in [0.29, 0.717) is 19.6 Å². The minimum Gasteiger partial charge on any atom is -0.481 e. The van der Waals surface area contributed by atoms with E-state index in [0.717, 1.165) is 128 Å². The van der Waals surface area contributed by atoms with Gasteiger partial charge in [0.25, 0.3) is 0 Å². The Kier molecular flexibility index (Phi) is 40.9. The number of alkyl carbamates (subject to hydrolysis) is 1. The second-order valence-electron chi connectivity index (χ2n) is 19.7. The van der Waals surface area contributed by atoms with Crippen LogP contribution in [0.2, 0.25) is 0 Å². The maximum atomic E-state index is 12.4. The first kappa shape index (κ1) is 59.2. The number of carbonyl (C=O) groups is 3. The van der Waals surface area contributed by atoms with Gasteiger partial charge < -0.3 is 24.8 Å². The van der Waals surface area contributed by atoms with Crippen molar-refractivity contribution in [2.45, 2.75) is 272 Å². The summed E-state index contributed by atoms with van der Waals surface area (Å²) in [6.45, 7) is 19.1. The number of unbranched alkanes of at least 4 members (excludes halogenated alkanes) is 16. The van der Waals surface area contributed by atoms with Crippen molar-refractivity contribution in [1.82, 2.24) is 10.2 Å². The first-order chi connectivity index (χ1) is 29.4. The number of rotatable bonds is 45. The summed E-state index contributed by atoms with van der Waals surface area (Å²) in [6, 6.07) is 0.